The van der Waals surface area contributed by atoms with Crippen molar-refractivity contribution in [2.75, 3.05) is 5.32 Å². The van der Waals surface area contributed by atoms with Gasteiger partial charge in [0.15, 0.2) is 23.6 Å². The highest BCUT2D eigenvalue weighted by atomic mass is 127. The van der Waals surface area contributed by atoms with E-state index in [0.29, 0.717) is 5.75 Å². The van der Waals surface area contributed by atoms with E-state index in [2.05, 4.69) is 27.9 Å². The average molecular weight is 421 g/mol. The molecule has 1 unspecified atom stereocenters. The van der Waals surface area contributed by atoms with Crippen molar-refractivity contribution < 1.29 is 22.7 Å². The average Bonchev–Trinajstić information content (AvgIpc) is 2.50. The zero-order valence-electron chi connectivity index (χ0n) is 11.4. The van der Waals surface area contributed by atoms with Gasteiger partial charge in [-0.2, -0.15) is 0 Å². The lowest BCUT2D eigenvalue weighted by Gasteiger charge is -2.15. The van der Waals surface area contributed by atoms with Gasteiger partial charge in [0, 0.05) is 3.57 Å². The second-order valence-corrected chi connectivity index (χ2v) is 5.67. The molecule has 3 nitrogen and oxygen atoms in total. The van der Waals surface area contributed by atoms with E-state index in [4.69, 9.17) is 4.74 Å². The molecule has 0 saturated carbocycles. The summed E-state index contributed by atoms with van der Waals surface area (Å²) in [6.45, 7) is 1.46. The normalized spacial score (nSPS) is 11.9. The molecule has 0 bridgehead atoms. The predicted molar refractivity (Wildman–Crippen MR) is 84.2 cm³/mol. The van der Waals surface area contributed by atoms with Gasteiger partial charge >= 0.3 is 0 Å². The Balaban J connectivity index is 2.05. The lowest BCUT2D eigenvalue weighted by atomic mass is 10.2. The molecule has 0 aliphatic carbocycles. The van der Waals surface area contributed by atoms with Crippen molar-refractivity contribution in [2.45, 2.75) is 13.0 Å². The fourth-order valence-corrected chi connectivity index (χ4v) is 1.99. The molecule has 0 heterocycles. The van der Waals surface area contributed by atoms with Crippen LogP contribution in [0.15, 0.2) is 36.4 Å². The maximum absolute atomic E-state index is 13.5. The molecule has 0 spiro atoms. The van der Waals surface area contributed by atoms with Gasteiger partial charge in [0.2, 0.25) is 0 Å². The van der Waals surface area contributed by atoms with E-state index in [-0.39, 0.29) is 0 Å². The van der Waals surface area contributed by atoms with E-state index in [1.54, 1.807) is 24.3 Å². The van der Waals surface area contributed by atoms with Gasteiger partial charge in [-0.1, -0.05) is 0 Å². The first-order chi connectivity index (χ1) is 10.4. The van der Waals surface area contributed by atoms with Crippen molar-refractivity contribution in [3.05, 3.63) is 57.4 Å². The summed E-state index contributed by atoms with van der Waals surface area (Å²) in [4.78, 5) is 11.9. The molecule has 0 saturated heterocycles. The second kappa shape index (κ2) is 6.99. The first-order valence-electron chi connectivity index (χ1n) is 6.25. The Kier molecular flexibility index (Phi) is 5.28. The summed E-state index contributed by atoms with van der Waals surface area (Å²) in [5.41, 5.74) is -0.443. The van der Waals surface area contributed by atoms with Crippen LogP contribution in [0.1, 0.15) is 6.92 Å². The van der Waals surface area contributed by atoms with Crippen LogP contribution in [0.2, 0.25) is 0 Å². The van der Waals surface area contributed by atoms with Crippen LogP contribution in [-0.2, 0) is 4.79 Å². The van der Waals surface area contributed by atoms with Crippen molar-refractivity contribution >= 4 is 34.2 Å². The van der Waals surface area contributed by atoms with Gasteiger partial charge < -0.3 is 10.1 Å². The molecule has 0 aliphatic heterocycles. The fourth-order valence-electron chi connectivity index (χ4n) is 1.63. The van der Waals surface area contributed by atoms with Gasteiger partial charge in [0.25, 0.3) is 5.91 Å². The Morgan fingerprint density at radius 3 is 2.36 bits per heavy atom. The van der Waals surface area contributed by atoms with Crippen molar-refractivity contribution in [2.24, 2.45) is 0 Å². The lowest BCUT2D eigenvalue weighted by molar-refractivity contribution is -0.122. The molecule has 0 radical (unpaired) electrons. The zero-order valence-corrected chi connectivity index (χ0v) is 13.5. The number of anilines is 1. The Morgan fingerprint density at radius 1 is 1.09 bits per heavy atom. The summed E-state index contributed by atoms with van der Waals surface area (Å²) in [6, 6.07) is 8.65. The van der Waals surface area contributed by atoms with Gasteiger partial charge in [-0.3, -0.25) is 4.79 Å². The largest absolute Gasteiger partial charge is 0.481 e. The molecule has 2 rings (SSSR count). The van der Waals surface area contributed by atoms with Crippen LogP contribution in [0.5, 0.6) is 5.75 Å². The highest BCUT2D eigenvalue weighted by Gasteiger charge is 2.19. The van der Waals surface area contributed by atoms with Crippen molar-refractivity contribution in [1.29, 1.82) is 0 Å². The number of carbonyl (C=O) groups excluding carboxylic acids is 1. The number of hydrogen-bond acceptors (Lipinski definition) is 2. The van der Waals surface area contributed by atoms with Crippen LogP contribution in [-0.4, -0.2) is 12.0 Å². The first-order valence-corrected chi connectivity index (χ1v) is 7.33. The van der Waals surface area contributed by atoms with E-state index >= 15 is 0 Å². The van der Waals surface area contributed by atoms with Crippen molar-refractivity contribution in [3.8, 4) is 5.75 Å². The molecule has 1 amide bonds. The predicted octanol–water partition coefficient (Wildman–Crippen LogP) is 4.11. The summed E-state index contributed by atoms with van der Waals surface area (Å²) in [5.74, 6) is -4.62. The van der Waals surface area contributed by atoms with E-state index < -0.39 is 35.2 Å². The highest BCUT2D eigenvalue weighted by molar-refractivity contribution is 14.1. The number of ether oxygens (including phenoxy) is 1. The molecule has 1 atom stereocenters. The molecule has 0 aromatic heterocycles. The van der Waals surface area contributed by atoms with Gasteiger partial charge in [-0.15, -0.1) is 0 Å². The summed E-state index contributed by atoms with van der Waals surface area (Å²) < 4.78 is 45.8. The molecule has 2 aromatic carbocycles. The van der Waals surface area contributed by atoms with Crippen LogP contribution >= 0.6 is 22.6 Å². The van der Waals surface area contributed by atoms with Crippen molar-refractivity contribution in [1.82, 2.24) is 0 Å². The minimum absolute atomic E-state index is 0.443. The maximum atomic E-state index is 13.5. The molecule has 7 heteroatoms. The van der Waals surface area contributed by atoms with Crippen molar-refractivity contribution in [3.63, 3.8) is 0 Å². The Morgan fingerprint density at radius 2 is 1.73 bits per heavy atom. The number of amides is 1. The summed E-state index contributed by atoms with van der Waals surface area (Å²) in [6.07, 6.45) is -0.937. The number of benzene rings is 2. The Labute approximate surface area is 138 Å². The van der Waals surface area contributed by atoms with Crippen LogP contribution < -0.4 is 10.1 Å². The number of halogens is 4. The Hall–Kier alpha value is -1.77. The zero-order chi connectivity index (χ0) is 16.3. The summed E-state index contributed by atoms with van der Waals surface area (Å²) >= 11 is 2.13. The van der Waals surface area contributed by atoms with E-state index in [0.717, 1.165) is 15.7 Å². The first kappa shape index (κ1) is 16.6. The third kappa shape index (κ3) is 3.90. The molecule has 0 aliphatic rings. The van der Waals surface area contributed by atoms with Gasteiger partial charge in [-0.05, 0) is 65.9 Å². The third-order valence-corrected chi connectivity index (χ3v) is 3.51. The molecule has 116 valence electrons. The van der Waals surface area contributed by atoms with Crippen LogP contribution in [0.3, 0.4) is 0 Å². The summed E-state index contributed by atoms with van der Waals surface area (Å²) in [7, 11) is 0. The smallest absolute Gasteiger partial charge is 0.265 e. The molecule has 1 N–H and O–H groups in total. The van der Waals surface area contributed by atoms with Gasteiger partial charge in [0.05, 0.1) is 5.69 Å². The van der Waals surface area contributed by atoms with Crippen LogP contribution in [0.4, 0.5) is 18.9 Å². The topological polar surface area (TPSA) is 38.3 Å². The van der Waals surface area contributed by atoms with Gasteiger partial charge in [-0.25, -0.2) is 13.2 Å². The fraction of sp³-hybridized carbons (Fsp3) is 0.133. The standard InChI is InChI=1S/C15H11F3INO2/c1-8(22-10-4-2-9(19)3-5-10)15(21)20-12-7-6-11(16)13(17)14(12)18/h2-8H,1H3,(H,20,21). The van der Waals surface area contributed by atoms with E-state index in [1.807, 2.05) is 0 Å². The highest BCUT2D eigenvalue weighted by Crippen LogP contribution is 2.20. The lowest BCUT2D eigenvalue weighted by Crippen LogP contribution is -2.30. The molecule has 22 heavy (non-hydrogen) atoms. The van der Waals surface area contributed by atoms with Crippen LogP contribution in [0.25, 0.3) is 0 Å². The number of carbonyl (C=O) groups is 1. The second-order valence-electron chi connectivity index (χ2n) is 4.43. The summed E-state index contributed by atoms with van der Waals surface area (Å²) in [5, 5.41) is 2.16. The number of hydrogen-bond donors (Lipinski definition) is 1. The molecule has 0 fully saturated rings. The Bertz CT molecular complexity index is 692. The molecular weight excluding hydrogens is 410 g/mol. The molecular formula is C15H11F3INO2. The minimum Gasteiger partial charge on any atom is -0.481 e. The van der Waals surface area contributed by atoms with E-state index in [9.17, 15) is 18.0 Å². The minimum atomic E-state index is -1.64. The monoisotopic (exact) mass is 421 g/mol. The SMILES string of the molecule is CC(Oc1ccc(I)cc1)C(=O)Nc1ccc(F)c(F)c1F. The number of nitrogens with one attached hydrogen (secondary N) is 1. The van der Waals surface area contributed by atoms with Crippen LogP contribution in [0, 0.1) is 21.0 Å². The number of rotatable bonds is 4. The van der Waals surface area contributed by atoms with Gasteiger partial charge in [0.1, 0.15) is 5.75 Å². The van der Waals surface area contributed by atoms with E-state index in [1.165, 1.54) is 6.92 Å². The third-order valence-electron chi connectivity index (χ3n) is 2.79. The maximum Gasteiger partial charge on any atom is 0.265 e. The molecule has 2 aromatic rings. The quantitative estimate of drug-likeness (QED) is 0.596.